The summed E-state index contributed by atoms with van der Waals surface area (Å²) in [6, 6.07) is 0.588. The minimum absolute atomic E-state index is 0.275. The Morgan fingerprint density at radius 1 is 1.28 bits per heavy atom. The predicted octanol–water partition coefficient (Wildman–Crippen LogP) is 2.66. The second kappa shape index (κ2) is 6.55. The highest BCUT2D eigenvalue weighted by Gasteiger charge is 2.36. The molecule has 0 radical (unpaired) electrons. The highest BCUT2D eigenvalue weighted by molar-refractivity contribution is 5.76. The fourth-order valence-electron chi connectivity index (χ4n) is 3.27. The highest BCUT2D eigenvalue weighted by Crippen LogP contribution is 2.40. The summed E-state index contributed by atoms with van der Waals surface area (Å²) >= 11 is 0. The Kier molecular flexibility index (Phi) is 5.64. The molecule has 0 aromatic carbocycles. The van der Waals surface area contributed by atoms with Gasteiger partial charge in [-0.05, 0) is 38.0 Å². The lowest BCUT2D eigenvalue weighted by Gasteiger charge is -2.21. The van der Waals surface area contributed by atoms with E-state index in [-0.39, 0.29) is 5.91 Å². The molecule has 1 N–H and O–H groups in total. The monoisotopic (exact) mass is 254 g/mol. The molecule has 1 amide bonds. The number of nitrogens with zero attached hydrogens (tertiary/aromatic N) is 1. The van der Waals surface area contributed by atoms with Gasteiger partial charge in [0.2, 0.25) is 5.91 Å². The topological polar surface area (TPSA) is 32.3 Å². The highest BCUT2D eigenvalue weighted by atomic mass is 16.2. The summed E-state index contributed by atoms with van der Waals surface area (Å²) in [7, 11) is 0. The minimum atomic E-state index is 0.275. The van der Waals surface area contributed by atoms with Gasteiger partial charge in [-0.25, -0.2) is 0 Å². The van der Waals surface area contributed by atoms with E-state index in [0.29, 0.717) is 17.9 Å². The number of nitrogens with one attached hydrogen (secondary N) is 1. The normalized spacial score (nSPS) is 26.3. The van der Waals surface area contributed by atoms with E-state index in [0.717, 1.165) is 25.6 Å². The molecule has 0 saturated heterocycles. The van der Waals surface area contributed by atoms with Crippen LogP contribution in [0, 0.1) is 11.3 Å². The van der Waals surface area contributed by atoms with Crippen LogP contribution in [0.5, 0.6) is 0 Å². The van der Waals surface area contributed by atoms with Crippen LogP contribution in [0.2, 0.25) is 0 Å². The van der Waals surface area contributed by atoms with Gasteiger partial charge in [0.05, 0.1) is 0 Å². The molecule has 106 valence electrons. The first-order chi connectivity index (χ1) is 8.39. The van der Waals surface area contributed by atoms with Crippen molar-refractivity contribution < 1.29 is 4.79 Å². The first-order valence-electron chi connectivity index (χ1n) is 7.40. The number of carbonyl (C=O) groups is 1. The zero-order valence-corrected chi connectivity index (χ0v) is 12.8. The summed E-state index contributed by atoms with van der Waals surface area (Å²) in [5.74, 6) is 1.00. The van der Waals surface area contributed by atoms with Crippen LogP contribution < -0.4 is 5.32 Å². The van der Waals surface area contributed by atoms with Crippen LogP contribution in [0.4, 0.5) is 0 Å². The van der Waals surface area contributed by atoms with Crippen molar-refractivity contribution in [1.82, 2.24) is 10.2 Å². The van der Waals surface area contributed by atoms with E-state index in [2.05, 4.69) is 26.1 Å². The first-order valence-corrected chi connectivity index (χ1v) is 7.40. The Labute approximate surface area is 112 Å². The fraction of sp³-hybridized carbons (Fsp3) is 0.933. The van der Waals surface area contributed by atoms with Gasteiger partial charge in [0.1, 0.15) is 0 Å². The van der Waals surface area contributed by atoms with Gasteiger partial charge in [-0.2, -0.15) is 0 Å². The Morgan fingerprint density at radius 2 is 1.89 bits per heavy atom. The number of rotatable bonds is 6. The summed E-state index contributed by atoms with van der Waals surface area (Å²) in [6.07, 6.45) is 3.15. The molecular formula is C15H30N2O. The lowest BCUT2D eigenvalue weighted by atomic mass is 9.91. The molecule has 0 aliphatic heterocycles. The largest absolute Gasteiger partial charge is 0.343 e. The van der Waals surface area contributed by atoms with Crippen LogP contribution in [0.1, 0.15) is 53.9 Å². The fourth-order valence-corrected chi connectivity index (χ4v) is 3.27. The smallest absolute Gasteiger partial charge is 0.223 e. The van der Waals surface area contributed by atoms with Gasteiger partial charge in [-0.15, -0.1) is 0 Å². The molecule has 0 bridgehead atoms. The third-order valence-electron chi connectivity index (χ3n) is 4.20. The van der Waals surface area contributed by atoms with Crippen molar-refractivity contribution in [3.8, 4) is 0 Å². The third kappa shape index (κ3) is 4.27. The molecule has 1 saturated carbocycles. The molecule has 0 heterocycles. The maximum Gasteiger partial charge on any atom is 0.223 e. The van der Waals surface area contributed by atoms with Gasteiger partial charge in [0.25, 0.3) is 0 Å². The van der Waals surface area contributed by atoms with E-state index in [4.69, 9.17) is 0 Å². The predicted molar refractivity (Wildman–Crippen MR) is 76.5 cm³/mol. The number of hydrogen-bond acceptors (Lipinski definition) is 2. The van der Waals surface area contributed by atoms with Crippen LogP contribution in [-0.2, 0) is 4.79 Å². The average molecular weight is 254 g/mol. The molecule has 3 heteroatoms. The average Bonchev–Trinajstić information content (AvgIpc) is 2.53. The molecule has 18 heavy (non-hydrogen) atoms. The van der Waals surface area contributed by atoms with Crippen LogP contribution in [0.3, 0.4) is 0 Å². The number of amides is 1. The lowest BCUT2D eigenvalue weighted by Crippen LogP contribution is -2.37. The molecule has 2 unspecified atom stereocenters. The van der Waals surface area contributed by atoms with Gasteiger partial charge in [0.15, 0.2) is 0 Å². The zero-order chi connectivity index (χ0) is 13.8. The molecular weight excluding hydrogens is 224 g/mol. The van der Waals surface area contributed by atoms with Crippen LogP contribution in [0.25, 0.3) is 0 Å². The maximum absolute atomic E-state index is 11.9. The maximum atomic E-state index is 11.9. The van der Waals surface area contributed by atoms with Crippen LogP contribution >= 0.6 is 0 Å². The van der Waals surface area contributed by atoms with Crippen molar-refractivity contribution in [1.29, 1.82) is 0 Å². The Bertz CT molecular complexity index is 272. The van der Waals surface area contributed by atoms with E-state index in [9.17, 15) is 4.79 Å². The quantitative estimate of drug-likeness (QED) is 0.790. The second-order valence-electron chi connectivity index (χ2n) is 6.43. The summed E-state index contributed by atoms with van der Waals surface area (Å²) in [4.78, 5) is 13.8. The second-order valence-corrected chi connectivity index (χ2v) is 6.43. The van der Waals surface area contributed by atoms with Gasteiger partial charge in [0, 0.05) is 32.1 Å². The molecule has 1 aliphatic carbocycles. The molecule has 0 spiro atoms. The van der Waals surface area contributed by atoms with E-state index in [1.54, 1.807) is 0 Å². The van der Waals surface area contributed by atoms with Gasteiger partial charge >= 0.3 is 0 Å². The molecule has 1 rings (SSSR count). The van der Waals surface area contributed by atoms with E-state index in [1.165, 1.54) is 12.8 Å². The third-order valence-corrected chi connectivity index (χ3v) is 4.20. The standard InChI is InChI=1S/C15H30N2O/c1-6-17(7-2)14(18)8-9-16-13-11-15(4,5)10-12(13)3/h12-13,16H,6-11H2,1-5H3. The molecule has 1 fully saturated rings. The minimum Gasteiger partial charge on any atom is -0.343 e. The summed E-state index contributed by atoms with van der Waals surface area (Å²) in [6.45, 7) is 13.5. The SMILES string of the molecule is CCN(CC)C(=O)CCNC1CC(C)(C)CC1C. The molecule has 0 aromatic heterocycles. The van der Waals surface area contributed by atoms with Crippen molar-refractivity contribution in [2.75, 3.05) is 19.6 Å². The number of hydrogen-bond donors (Lipinski definition) is 1. The van der Waals surface area contributed by atoms with Crippen LogP contribution in [0.15, 0.2) is 0 Å². The van der Waals surface area contributed by atoms with Crippen molar-refractivity contribution in [3.05, 3.63) is 0 Å². The van der Waals surface area contributed by atoms with Crippen molar-refractivity contribution in [3.63, 3.8) is 0 Å². The number of carbonyl (C=O) groups excluding carboxylic acids is 1. The first kappa shape index (κ1) is 15.5. The van der Waals surface area contributed by atoms with Crippen LogP contribution in [-0.4, -0.2) is 36.5 Å². The summed E-state index contributed by atoms with van der Waals surface area (Å²) in [5, 5.41) is 3.57. The Morgan fingerprint density at radius 3 is 2.33 bits per heavy atom. The van der Waals surface area contributed by atoms with Gasteiger partial charge in [-0.1, -0.05) is 20.8 Å². The summed E-state index contributed by atoms with van der Waals surface area (Å²) in [5.41, 5.74) is 0.458. The van der Waals surface area contributed by atoms with Crippen molar-refractivity contribution in [2.24, 2.45) is 11.3 Å². The van der Waals surface area contributed by atoms with Crippen molar-refractivity contribution >= 4 is 5.91 Å². The lowest BCUT2D eigenvalue weighted by molar-refractivity contribution is -0.130. The Hall–Kier alpha value is -0.570. The molecule has 0 aromatic rings. The van der Waals surface area contributed by atoms with Gasteiger partial charge in [-0.3, -0.25) is 4.79 Å². The molecule has 2 atom stereocenters. The zero-order valence-electron chi connectivity index (χ0n) is 12.8. The van der Waals surface area contributed by atoms with Crippen molar-refractivity contribution in [2.45, 2.75) is 59.9 Å². The van der Waals surface area contributed by atoms with Gasteiger partial charge < -0.3 is 10.2 Å². The van der Waals surface area contributed by atoms with E-state index >= 15 is 0 Å². The molecule has 1 aliphatic rings. The van der Waals surface area contributed by atoms with E-state index in [1.807, 2.05) is 18.7 Å². The Balaban J connectivity index is 2.28. The summed E-state index contributed by atoms with van der Waals surface area (Å²) < 4.78 is 0. The van der Waals surface area contributed by atoms with E-state index < -0.39 is 0 Å². The molecule has 3 nitrogen and oxygen atoms in total.